The predicted octanol–water partition coefficient (Wildman–Crippen LogP) is 1.98. The van der Waals surface area contributed by atoms with Crippen LogP contribution in [0.1, 0.15) is 17.2 Å². The van der Waals surface area contributed by atoms with Crippen LogP contribution in [0.3, 0.4) is 0 Å². The van der Waals surface area contributed by atoms with E-state index in [4.69, 9.17) is 31.2 Å². The summed E-state index contributed by atoms with van der Waals surface area (Å²) in [5.74, 6) is -0.495. The number of hydrogen-bond acceptors (Lipinski definition) is 5. The van der Waals surface area contributed by atoms with Gasteiger partial charge in [-0.15, -0.1) is 0 Å². The molecule has 0 heterocycles. The van der Waals surface area contributed by atoms with Gasteiger partial charge in [-0.3, -0.25) is 4.79 Å². The van der Waals surface area contributed by atoms with E-state index in [-0.39, 0.29) is 6.61 Å². The molecule has 128 valence electrons. The molecular weight excluding hydrogens is 312 g/mol. The zero-order chi connectivity index (χ0) is 17.9. The summed E-state index contributed by atoms with van der Waals surface area (Å²) in [6.07, 6.45) is -1.83. The molecule has 7 nitrogen and oxygen atoms in total. The molecule has 0 amide bonds. The van der Waals surface area contributed by atoms with E-state index < -0.39 is 24.2 Å². The van der Waals surface area contributed by atoms with Gasteiger partial charge in [-0.1, -0.05) is 60.7 Å². The Morgan fingerprint density at radius 3 is 1.88 bits per heavy atom. The predicted molar refractivity (Wildman–Crippen MR) is 88.2 cm³/mol. The number of nitrogens with two attached hydrogens (primary N) is 2. The molecule has 0 aliphatic rings. The van der Waals surface area contributed by atoms with Crippen molar-refractivity contribution in [1.82, 2.24) is 0 Å². The lowest BCUT2D eigenvalue weighted by atomic mass is 10.0. The summed E-state index contributed by atoms with van der Waals surface area (Å²) in [6.45, 7) is 0.203. The molecule has 2 atom stereocenters. The van der Waals surface area contributed by atoms with Crippen LogP contribution in [0.5, 0.6) is 0 Å². The second kappa shape index (κ2) is 9.98. The first-order valence-electron chi connectivity index (χ1n) is 7.10. The van der Waals surface area contributed by atoms with E-state index in [1.807, 2.05) is 60.7 Å². The van der Waals surface area contributed by atoms with Crippen LogP contribution < -0.4 is 11.5 Å². The molecule has 0 fully saturated rings. The number of esters is 1. The van der Waals surface area contributed by atoms with E-state index >= 15 is 0 Å². The fourth-order valence-corrected chi connectivity index (χ4v) is 1.85. The third-order valence-electron chi connectivity index (χ3n) is 3.07. The molecule has 0 aliphatic carbocycles. The molecule has 2 aromatic carbocycles. The van der Waals surface area contributed by atoms with Gasteiger partial charge >= 0.3 is 12.1 Å². The Morgan fingerprint density at radius 1 is 0.917 bits per heavy atom. The SMILES string of the molecule is NC(c1ccccc1)[C@@H](N)C(=O)OCc1ccccc1.O=C(O)O. The summed E-state index contributed by atoms with van der Waals surface area (Å²) in [5.41, 5.74) is 13.6. The highest BCUT2D eigenvalue weighted by Crippen LogP contribution is 2.14. The third kappa shape index (κ3) is 6.91. The molecule has 2 aromatic rings. The Morgan fingerprint density at radius 2 is 1.38 bits per heavy atom. The van der Waals surface area contributed by atoms with Crippen LogP contribution in [0.4, 0.5) is 4.79 Å². The van der Waals surface area contributed by atoms with Crippen molar-refractivity contribution in [2.75, 3.05) is 0 Å². The molecule has 24 heavy (non-hydrogen) atoms. The fourth-order valence-electron chi connectivity index (χ4n) is 1.85. The van der Waals surface area contributed by atoms with Crippen LogP contribution in [0.25, 0.3) is 0 Å². The van der Waals surface area contributed by atoms with E-state index in [0.29, 0.717) is 0 Å². The molecule has 0 saturated heterocycles. The minimum atomic E-state index is -1.83. The Balaban J connectivity index is 0.000000648. The van der Waals surface area contributed by atoms with Crippen molar-refractivity contribution in [2.45, 2.75) is 18.7 Å². The minimum Gasteiger partial charge on any atom is -0.460 e. The van der Waals surface area contributed by atoms with Gasteiger partial charge in [-0.25, -0.2) is 4.79 Å². The summed E-state index contributed by atoms with van der Waals surface area (Å²) < 4.78 is 5.19. The summed E-state index contributed by atoms with van der Waals surface area (Å²) in [4.78, 5) is 20.5. The second-order valence-electron chi connectivity index (χ2n) is 4.84. The first kappa shape index (κ1) is 19.1. The van der Waals surface area contributed by atoms with Gasteiger partial charge in [-0.2, -0.15) is 0 Å². The quantitative estimate of drug-likeness (QED) is 0.614. The number of carbonyl (C=O) groups excluding carboxylic acids is 1. The largest absolute Gasteiger partial charge is 0.503 e. The van der Waals surface area contributed by atoms with Crippen LogP contribution in [0, 0.1) is 0 Å². The molecule has 7 heteroatoms. The van der Waals surface area contributed by atoms with E-state index in [1.165, 1.54) is 0 Å². The molecule has 0 spiro atoms. The number of carboxylic acid groups (broad SMARTS) is 2. The maximum atomic E-state index is 11.9. The highest BCUT2D eigenvalue weighted by atomic mass is 16.6. The van der Waals surface area contributed by atoms with Crippen molar-refractivity contribution >= 4 is 12.1 Å². The highest BCUT2D eigenvalue weighted by Gasteiger charge is 2.24. The van der Waals surface area contributed by atoms with Gasteiger partial charge in [0.1, 0.15) is 12.6 Å². The average molecular weight is 332 g/mol. The smallest absolute Gasteiger partial charge is 0.460 e. The van der Waals surface area contributed by atoms with Crippen molar-refractivity contribution in [3.8, 4) is 0 Å². The third-order valence-corrected chi connectivity index (χ3v) is 3.07. The fraction of sp³-hybridized carbons (Fsp3) is 0.176. The van der Waals surface area contributed by atoms with Crippen LogP contribution in [-0.2, 0) is 16.1 Å². The Bertz CT molecular complexity index is 630. The molecule has 0 radical (unpaired) electrons. The van der Waals surface area contributed by atoms with Gasteiger partial charge in [0.25, 0.3) is 0 Å². The molecule has 0 aliphatic heterocycles. The van der Waals surface area contributed by atoms with E-state index in [1.54, 1.807) is 0 Å². The zero-order valence-electron chi connectivity index (χ0n) is 12.9. The molecular formula is C17H20N2O5. The average Bonchev–Trinajstić information content (AvgIpc) is 2.59. The monoisotopic (exact) mass is 332 g/mol. The Kier molecular flexibility index (Phi) is 7.97. The number of ether oxygens (including phenoxy) is 1. The van der Waals surface area contributed by atoms with Gasteiger partial charge in [0.2, 0.25) is 0 Å². The number of carbonyl (C=O) groups is 2. The Labute approximate surface area is 139 Å². The summed E-state index contributed by atoms with van der Waals surface area (Å²) in [5, 5.41) is 13.9. The summed E-state index contributed by atoms with van der Waals surface area (Å²) in [6, 6.07) is 17.3. The van der Waals surface area contributed by atoms with Crippen molar-refractivity contribution in [3.63, 3.8) is 0 Å². The number of benzene rings is 2. The topological polar surface area (TPSA) is 136 Å². The number of rotatable bonds is 5. The lowest BCUT2D eigenvalue weighted by Crippen LogP contribution is -2.42. The van der Waals surface area contributed by atoms with Crippen molar-refractivity contribution < 1.29 is 24.5 Å². The minimum absolute atomic E-state index is 0.203. The second-order valence-corrected chi connectivity index (χ2v) is 4.84. The van der Waals surface area contributed by atoms with Gasteiger partial charge < -0.3 is 26.4 Å². The van der Waals surface area contributed by atoms with Gasteiger partial charge in [0, 0.05) is 0 Å². The molecule has 0 aromatic heterocycles. The first-order chi connectivity index (χ1) is 11.4. The van der Waals surface area contributed by atoms with Crippen LogP contribution in [-0.4, -0.2) is 28.4 Å². The summed E-state index contributed by atoms with van der Waals surface area (Å²) in [7, 11) is 0. The lowest BCUT2D eigenvalue weighted by molar-refractivity contribution is -0.147. The highest BCUT2D eigenvalue weighted by molar-refractivity contribution is 5.76. The maximum Gasteiger partial charge on any atom is 0.503 e. The van der Waals surface area contributed by atoms with E-state index in [0.717, 1.165) is 11.1 Å². The summed E-state index contributed by atoms with van der Waals surface area (Å²) >= 11 is 0. The van der Waals surface area contributed by atoms with Crippen LogP contribution >= 0.6 is 0 Å². The van der Waals surface area contributed by atoms with Gasteiger partial charge in [0.15, 0.2) is 0 Å². The number of hydrogen-bond donors (Lipinski definition) is 4. The molecule has 1 unspecified atom stereocenters. The Hall–Kier alpha value is -2.90. The van der Waals surface area contributed by atoms with Crippen LogP contribution in [0.2, 0.25) is 0 Å². The molecule has 2 rings (SSSR count). The lowest BCUT2D eigenvalue weighted by Gasteiger charge is -2.19. The first-order valence-corrected chi connectivity index (χ1v) is 7.10. The van der Waals surface area contributed by atoms with Crippen molar-refractivity contribution in [3.05, 3.63) is 71.8 Å². The van der Waals surface area contributed by atoms with Crippen LogP contribution in [0.15, 0.2) is 60.7 Å². The van der Waals surface area contributed by atoms with Crippen molar-refractivity contribution in [2.24, 2.45) is 11.5 Å². The van der Waals surface area contributed by atoms with Crippen molar-refractivity contribution in [1.29, 1.82) is 0 Å². The van der Waals surface area contributed by atoms with E-state index in [9.17, 15) is 4.79 Å². The standard InChI is InChI=1S/C16H18N2O2.CH2O3/c17-14(13-9-5-2-6-10-13)15(18)16(19)20-11-12-7-3-1-4-8-12;2-1(3)4/h1-10,14-15H,11,17-18H2;(H2,2,3,4)/t14?,15-;/m1./s1. The maximum absolute atomic E-state index is 11.9. The molecule has 6 N–H and O–H groups in total. The van der Waals surface area contributed by atoms with E-state index in [2.05, 4.69) is 0 Å². The molecule has 0 bridgehead atoms. The van der Waals surface area contributed by atoms with Gasteiger partial charge in [-0.05, 0) is 11.1 Å². The molecule has 0 saturated carbocycles. The normalized spacial score (nSPS) is 12.2. The van der Waals surface area contributed by atoms with Gasteiger partial charge in [0.05, 0.1) is 6.04 Å². The zero-order valence-corrected chi connectivity index (χ0v) is 12.9.